The molecule has 1 aromatic carbocycles. The Balaban J connectivity index is 1.72. The van der Waals surface area contributed by atoms with Crippen LogP contribution in [-0.4, -0.2) is 24.6 Å². The molecule has 26 heavy (non-hydrogen) atoms. The van der Waals surface area contributed by atoms with Crippen molar-refractivity contribution in [2.24, 2.45) is 0 Å². The van der Waals surface area contributed by atoms with Crippen LogP contribution in [0.15, 0.2) is 59.4 Å². The molecule has 0 aliphatic heterocycles. The minimum absolute atomic E-state index is 0.669. The average molecular weight is 341 g/mol. The van der Waals surface area contributed by atoms with Crippen LogP contribution in [0.3, 0.4) is 0 Å². The van der Waals surface area contributed by atoms with Crippen LogP contribution < -0.4 is 0 Å². The lowest BCUT2D eigenvalue weighted by Gasteiger charge is -2.07. The van der Waals surface area contributed by atoms with Crippen molar-refractivity contribution in [1.82, 2.24) is 24.6 Å². The van der Waals surface area contributed by atoms with Crippen LogP contribution in [0, 0.1) is 13.8 Å². The molecule has 0 N–H and O–H groups in total. The molecule has 0 saturated heterocycles. The maximum atomic E-state index is 5.68. The Bertz CT molecular complexity index is 1250. The first-order valence-corrected chi connectivity index (χ1v) is 8.32. The van der Waals surface area contributed by atoms with Crippen molar-refractivity contribution >= 4 is 16.7 Å². The third-order valence-corrected chi connectivity index (χ3v) is 4.46. The molecule has 0 saturated carbocycles. The Kier molecular flexibility index (Phi) is 3.12. The summed E-state index contributed by atoms with van der Waals surface area (Å²) in [4.78, 5) is 8.44. The molecule has 6 nitrogen and oxygen atoms in total. The topological polar surface area (TPSA) is 69.1 Å². The van der Waals surface area contributed by atoms with Gasteiger partial charge in [-0.3, -0.25) is 9.38 Å². The molecule has 0 unspecified atom stereocenters. The van der Waals surface area contributed by atoms with Crippen LogP contribution in [0.4, 0.5) is 0 Å². The minimum Gasteiger partial charge on any atom is -0.441 e. The zero-order chi connectivity index (χ0) is 17.7. The second kappa shape index (κ2) is 5.49. The van der Waals surface area contributed by atoms with E-state index in [-0.39, 0.29) is 0 Å². The molecule has 0 aliphatic rings. The standard InChI is InChI=1S/C20H15N5O/c1-12-9-16(15-3-4-17-18(10-15)26-13(2)22-17)11-25-19(12)23-24-20(25)14-5-7-21-8-6-14/h3-11H,1-2H3. The third kappa shape index (κ3) is 2.27. The van der Waals surface area contributed by atoms with Gasteiger partial charge in [0.25, 0.3) is 0 Å². The summed E-state index contributed by atoms with van der Waals surface area (Å²) >= 11 is 0. The molecule has 5 rings (SSSR count). The fraction of sp³-hybridized carbons (Fsp3) is 0.100. The van der Waals surface area contributed by atoms with Gasteiger partial charge in [0.15, 0.2) is 22.9 Å². The number of aryl methyl sites for hydroxylation is 2. The van der Waals surface area contributed by atoms with E-state index in [1.165, 1.54) is 0 Å². The van der Waals surface area contributed by atoms with Crippen LogP contribution in [-0.2, 0) is 0 Å². The van der Waals surface area contributed by atoms with Crippen molar-refractivity contribution in [1.29, 1.82) is 0 Å². The molecule has 5 aromatic rings. The highest BCUT2D eigenvalue weighted by atomic mass is 16.3. The molecule has 0 atom stereocenters. The molecule has 0 spiro atoms. The van der Waals surface area contributed by atoms with E-state index in [9.17, 15) is 0 Å². The Morgan fingerprint density at radius 3 is 2.58 bits per heavy atom. The van der Waals surface area contributed by atoms with Crippen molar-refractivity contribution in [2.75, 3.05) is 0 Å². The highest BCUT2D eigenvalue weighted by Crippen LogP contribution is 2.28. The van der Waals surface area contributed by atoms with Gasteiger partial charge in [-0.1, -0.05) is 6.07 Å². The highest BCUT2D eigenvalue weighted by molar-refractivity contribution is 5.81. The van der Waals surface area contributed by atoms with E-state index < -0.39 is 0 Å². The summed E-state index contributed by atoms with van der Waals surface area (Å²) in [6.45, 7) is 3.90. The second-order valence-electron chi connectivity index (χ2n) is 6.28. The Morgan fingerprint density at radius 2 is 1.73 bits per heavy atom. The molecular weight excluding hydrogens is 326 g/mol. The summed E-state index contributed by atoms with van der Waals surface area (Å²) in [6, 6.07) is 12.0. The number of rotatable bonds is 2. The molecule has 0 bridgehead atoms. The zero-order valence-electron chi connectivity index (χ0n) is 14.3. The number of fused-ring (bicyclic) bond motifs is 2. The van der Waals surface area contributed by atoms with Crippen LogP contribution in [0.2, 0.25) is 0 Å². The molecule has 126 valence electrons. The predicted octanol–water partition coefficient (Wildman–Crippen LogP) is 4.22. The molecule has 0 amide bonds. The van der Waals surface area contributed by atoms with E-state index in [0.717, 1.165) is 44.8 Å². The number of hydrogen-bond donors (Lipinski definition) is 0. The van der Waals surface area contributed by atoms with E-state index in [4.69, 9.17) is 4.42 Å². The van der Waals surface area contributed by atoms with Crippen molar-refractivity contribution in [2.45, 2.75) is 13.8 Å². The van der Waals surface area contributed by atoms with Gasteiger partial charge in [-0.2, -0.15) is 0 Å². The van der Waals surface area contributed by atoms with Gasteiger partial charge in [-0.25, -0.2) is 4.98 Å². The predicted molar refractivity (Wildman–Crippen MR) is 98.7 cm³/mol. The third-order valence-electron chi connectivity index (χ3n) is 4.46. The Labute approximate surface area is 149 Å². The van der Waals surface area contributed by atoms with Crippen molar-refractivity contribution in [3.05, 3.63) is 66.4 Å². The van der Waals surface area contributed by atoms with Gasteiger partial charge in [-0.15, -0.1) is 10.2 Å². The Hall–Kier alpha value is -3.54. The maximum Gasteiger partial charge on any atom is 0.192 e. The van der Waals surface area contributed by atoms with Crippen LogP contribution in [0.5, 0.6) is 0 Å². The van der Waals surface area contributed by atoms with Crippen LogP contribution in [0.1, 0.15) is 11.5 Å². The van der Waals surface area contributed by atoms with E-state index in [2.05, 4.69) is 38.5 Å². The van der Waals surface area contributed by atoms with Crippen LogP contribution >= 0.6 is 0 Å². The van der Waals surface area contributed by atoms with Crippen molar-refractivity contribution in [3.63, 3.8) is 0 Å². The number of aromatic nitrogens is 5. The molecule has 0 radical (unpaired) electrons. The van der Waals surface area contributed by atoms with Gasteiger partial charge >= 0.3 is 0 Å². The summed E-state index contributed by atoms with van der Waals surface area (Å²) in [5.74, 6) is 1.46. The first-order valence-electron chi connectivity index (χ1n) is 8.32. The van der Waals surface area contributed by atoms with Gasteiger partial charge in [0, 0.05) is 31.1 Å². The minimum atomic E-state index is 0.669. The fourth-order valence-electron chi connectivity index (χ4n) is 3.23. The highest BCUT2D eigenvalue weighted by Gasteiger charge is 2.13. The number of benzene rings is 1. The van der Waals surface area contributed by atoms with Gasteiger partial charge in [0.2, 0.25) is 0 Å². The smallest absolute Gasteiger partial charge is 0.192 e. The first kappa shape index (κ1) is 14.8. The van der Waals surface area contributed by atoms with E-state index in [0.29, 0.717) is 5.89 Å². The van der Waals surface area contributed by atoms with Crippen LogP contribution in [0.25, 0.3) is 39.3 Å². The van der Waals surface area contributed by atoms with Gasteiger partial charge < -0.3 is 4.42 Å². The zero-order valence-corrected chi connectivity index (χ0v) is 14.3. The monoisotopic (exact) mass is 341 g/mol. The molecule has 0 aliphatic carbocycles. The quantitative estimate of drug-likeness (QED) is 0.481. The summed E-state index contributed by atoms with van der Waals surface area (Å²) < 4.78 is 7.70. The lowest BCUT2D eigenvalue weighted by molar-refractivity contribution is 0.561. The molecule has 4 aromatic heterocycles. The number of pyridine rings is 2. The summed E-state index contributed by atoms with van der Waals surface area (Å²) in [5.41, 5.74) is 6.67. The molecule has 4 heterocycles. The summed E-state index contributed by atoms with van der Waals surface area (Å²) in [6.07, 6.45) is 5.57. The largest absolute Gasteiger partial charge is 0.441 e. The lowest BCUT2D eigenvalue weighted by atomic mass is 10.1. The molecular formula is C20H15N5O. The average Bonchev–Trinajstić information content (AvgIpc) is 3.24. The Morgan fingerprint density at radius 1 is 0.885 bits per heavy atom. The van der Waals surface area contributed by atoms with E-state index in [1.54, 1.807) is 12.4 Å². The second-order valence-corrected chi connectivity index (χ2v) is 6.28. The van der Waals surface area contributed by atoms with Gasteiger partial charge in [0.1, 0.15) is 5.52 Å². The number of nitrogens with zero attached hydrogens (tertiary/aromatic N) is 5. The van der Waals surface area contributed by atoms with Crippen molar-refractivity contribution in [3.8, 4) is 22.5 Å². The normalized spacial score (nSPS) is 11.5. The fourth-order valence-corrected chi connectivity index (χ4v) is 3.23. The molecule has 0 fully saturated rings. The SMILES string of the molecule is Cc1nc2ccc(-c3cc(C)c4nnc(-c5ccncc5)n4c3)cc2o1. The number of hydrogen-bond acceptors (Lipinski definition) is 5. The van der Waals surface area contributed by atoms with E-state index >= 15 is 0 Å². The maximum absolute atomic E-state index is 5.68. The van der Waals surface area contributed by atoms with Crippen molar-refractivity contribution < 1.29 is 4.42 Å². The first-order chi connectivity index (χ1) is 12.7. The summed E-state index contributed by atoms with van der Waals surface area (Å²) in [7, 11) is 0. The van der Waals surface area contributed by atoms with Gasteiger partial charge in [-0.05, 0) is 53.9 Å². The lowest BCUT2D eigenvalue weighted by Crippen LogP contribution is -1.93. The van der Waals surface area contributed by atoms with E-state index in [1.807, 2.05) is 42.5 Å². The summed E-state index contributed by atoms with van der Waals surface area (Å²) in [5, 5.41) is 8.72. The number of oxazole rings is 1. The van der Waals surface area contributed by atoms with Gasteiger partial charge in [0.05, 0.1) is 0 Å². The molecule has 6 heteroatoms.